The van der Waals surface area contributed by atoms with Crippen molar-refractivity contribution < 1.29 is 28.5 Å². The second-order valence-electron chi connectivity index (χ2n) is 11.1. The van der Waals surface area contributed by atoms with Gasteiger partial charge in [-0.3, -0.25) is 15.0 Å². The first-order valence-electron chi connectivity index (χ1n) is 12.8. The van der Waals surface area contributed by atoms with Crippen LogP contribution in [0.5, 0.6) is 0 Å². The number of alkyl halides is 1. The molecule has 34 heavy (non-hydrogen) atoms. The molecule has 1 N–H and O–H groups in total. The van der Waals surface area contributed by atoms with E-state index >= 15 is 0 Å². The third-order valence-corrected chi connectivity index (χ3v) is 10.1. The molecular weight excluding hydrogens is 460 g/mol. The van der Waals surface area contributed by atoms with Gasteiger partial charge in [0.15, 0.2) is 17.2 Å². The van der Waals surface area contributed by atoms with Crippen LogP contribution in [-0.2, 0) is 28.5 Å². The quantitative estimate of drug-likeness (QED) is 0.465. The molecule has 12 atom stereocenters. The molecule has 0 amide bonds. The van der Waals surface area contributed by atoms with E-state index in [9.17, 15) is 9.59 Å². The molecule has 9 heteroatoms. The first-order valence-corrected chi connectivity index (χ1v) is 13.2. The Morgan fingerprint density at radius 1 is 1.00 bits per heavy atom. The van der Waals surface area contributed by atoms with Crippen LogP contribution in [0.2, 0.25) is 0 Å². The average molecular weight is 499 g/mol. The zero-order valence-corrected chi connectivity index (χ0v) is 21.6. The fourth-order valence-electron chi connectivity index (χ4n) is 7.91. The SMILES string of the molecule is COC1CCCC(C2C3C(=O)[C@@]4(OC5C(Cl)C(OC)CC(OC)C5C4=O)[C@H](C)CC3NN2C)C1. The fraction of sp³-hybridized carbons (Fsp3) is 0.920. The van der Waals surface area contributed by atoms with E-state index in [1.54, 1.807) is 21.3 Å². The van der Waals surface area contributed by atoms with Crippen LogP contribution in [0.3, 0.4) is 0 Å². The Labute approximate surface area is 207 Å². The average Bonchev–Trinajstić information content (AvgIpc) is 3.33. The van der Waals surface area contributed by atoms with Crippen LogP contribution in [0.1, 0.15) is 45.4 Å². The molecule has 3 saturated carbocycles. The molecule has 0 radical (unpaired) electrons. The number of rotatable bonds is 4. The number of hydrogen-bond donors (Lipinski definition) is 1. The van der Waals surface area contributed by atoms with Crippen LogP contribution < -0.4 is 5.43 Å². The highest BCUT2D eigenvalue weighted by atomic mass is 35.5. The molecule has 1 spiro atoms. The number of ether oxygens (including phenoxy) is 4. The lowest BCUT2D eigenvalue weighted by atomic mass is 9.61. The second-order valence-corrected chi connectivity index (χ2v) is 11.6. The summed E-state index contributed by atoms with van der Waals surface area (Å²) in [7, 11) is 7.01. The summed E-state index contributed by atoms with van der Waals surface area (Å²) in [6, 6.07) is 0.0115. The molecule has 8 nitrogen and oxygen atoms in total. The maximum absolute atomic E-state index is 14.4. The number of methoxy groups -OCH3 is 3. The van der Waals surface area contributed by atoms with Crippen LogP contribution in [0, 0.1) is 23.7 Å². The van der Waals surface area contributed by atoms with Gasteiger partial charge in [-0.2, -0.15) is 0 Å². The second kappa shape index (κ2) is 9.36. The zero-order valence-electron chi connectivity index (χ0n) is 20.9. The number of nitrogens with zero attached hydrogens (tertiary/aromatic N) is 1. The van der Waals surface area contributed by atoms with Crippen molar-refractivity contribution in [2.75, 3.05) is 28.4 Å². The van der Waals surface area contributed by atoms with E-state index in [0.717, 1.165) is 25.7 Å². The largest absolute Gasteiger partial charge is 0.381 e. The predicted octanol–water partition coefficient (Wildman–Crippen LogP) is 1.97. The smallest absolute Gasteiger partial charge is 0.188 e. The number of ketones is 2. The third kappa shape index (κ3) is 3.55. The molecule has 10 unspecified atom stereocenters. The topological polar surface area (TPSA) is 86.3 Å². The van der Waals surface area contributed by atoms with Gasteiger partial charge in [0.05, 0.1) is 41.6 Å². The summed E-state index contributed by atoms with van der Waals surface area (Å²) in [4.78, 5) is 28.6. The Kier molecular flexibility index (Phi) is 6.90. The lowest BCUT2D eigenvalue weighted by Crippen LogP contribution is -2.62. The highest BCUT2D eigenvalue weighted by molar-refractivity contribution is 6.23. The van der Waals surface area contributed by atoms with Gasteiger partial charge in [-0.15, -0.1) is 11.6 Å². The van der Waals surface area contributed by atoms with Gasteiger partial charge in [0.25, 0.3) is 0 Å². The number of nitrogens with one attached hydrogen (secondary N) is 1. The minimum absolute atomic E-state index is 0.00168. The summed E-state index contributed by atoms with van der Waals surface area (Å²) in [6.45, 7) is 1.97. The standard InChI is InChI=1S/C25H39ClN2O6/c1-12-9-15-18(21(28(2)27-15)13-7-6-8-14(10-13)31-3)23(29)25(12)24(30)19-16(32-4)11-17(33-5)20(26)22(19)34-25/h12-22,27H,6-11H2,1-5H3/t12-,13?,14?,15?,16?,17?,18?,19?,20?,21?,22?,25+/m1/s1. The summed E-state index contributed by atoms with van der Waals surface area (Å²) >= 11 is 6.78. The number of hydrazine groups is 1. The van der Waals surface area contributed by atoms with Crippen molar-refractivity contribution >= 4 is 23.2 Å². The fourth-order valence-corrected chi connectivity index (χ4v) is 8.32. The van der Waals surface area contributed by atoms with Crippen molar-refractivity contribution in [3.05, 3.63) is 0 Å². The number of Topliss-reactive ketones (excluding diaryl/α,β-unsaturated/α-hetero) is 2. The molecule has 2 saturated heterocycles. The molecule has 5 aliphatic rings. The van der Waals surface area contributed by atoms with Crippen molar-refractivity contribution in [3.8, 4) is 0 Å². The van der Waals surface area contributed by atoms with Crippen LogP contribution in [0.4, 0.5) is 0 Å². The molecule has 2 aliphatic heterocycles. The van der Waals surface area contributed by atoms with Gasteiger partial charge in [-0.05, 0) is 31.6 Å². The van der Waals surface area contributed by atoms with Gasteiger partial charge in [-0.25, -0.2) is 5.01 Å². The van der Waals surface area contributed by atoms with E-state index < -0.39 is 23.0 Å². The van der Waals surface area contributed by atoms with E-state index in [4.69, 9.17) is 30.5 Å². The summed E-state index contributed by atoms with van der Waals surface area (Å²) in [6.07, 6.45) is 4.28. The van der Waals surface area contributed by atoms with Gasteiger partial charge in [0, 0.05) is 52.8 Å². The minimum atomic E-state index is -1.47. The first kappa shape index (κ1) is 25.1. The maximum Gasteiger partial charge on any atom is 0.188 e. The number of fused-ring (bicyclic) bond motifs is 2. The first-order chi connectivity index (χ1) is 16.3. The van der Waals surface area contributed by atoms with Gasteiger partial charge < -0.3 is 18.9 Å². The number of carbonyl (C=O) groups excluding carboxylic acids is 2. The van der Waals surface area contributed by atoms with Gasteiger partial charge in [-0.1, -0.05) is 13.3 Å². The lowest BCUT2D eigenvalue weighted by Gasteiger charge is -2.44. The summed E-state index contributed by atoms with van der Waals surface area (Å²) in [5.41, 5.74) is 2.09. The molecule has 0 bridgehead atoms. The predicted molar refractivity (Wildman–Crippen MR) is 125 cm³/mol. The molecule has 5 rings (SSSR count). The van der Waals surface area contributed by atoms with E-state index in [1.807, 2.05) is 14.0 Å². The Morgan fingerprint density at radius 2 is 1.71 bits per heavy atom. The van der Waals surface area contributed by atoms with Crippen LogP contribution in [-0.4, -0.2) is 92.4 Å². The lowest BCUT2D eigenvalue weighted by molar-refractivity contribution is -0.170. The highest BCUT2D eigenvalue weighted by Gasteiger charge is 2.71. The number of halogens is 1. The van der Waals surface area contributed by atoms with Crippen molar-refractivity contribution in [1.29, 1.82) is 0 Å². The highest BCUT2D eigenvalue weighted by Crippen LogP contribution is 2.53. The van der Waals surface area contributed by atoms with E-state index in [0.29, 0.717) is 18.8 Å². The van der Waals surface area contributed by atoms with Crippen LogP contribution in [0.25, 0.3) is 0 Å². The molecular formula is C25H39ClN2O6. The number of hydrogen-bond acceptors (Lipinski definition) is 8. The monoisotopic (exact) mass is 498 g/mol. The van der Waals surface area contributed by atoms with Gasteiger partial charge >= 0.3 is 0 Å². The van der Waals surface area contributed by atoms with Crippen molar-refractivity contribution in [1.82, 2.24) is 10.4 Å². The van der Waals surface area contributed by atoms with E-state index in [1.165, 1.54) is 0 Å². The third-order valence-electron chi connectivity index (χ3n) is 9.56. The maximum atomic E-state index is 14.4. The summed E-state index contributed by atoms with van der Waals surface area (Å²) < 4.78 is 23.6. The summed E-state index contributed by atoms with van der Waals surface area (Å²) in [5.74, 6) is -1.01. The normalized spacial score (nSPS) is 51.6. The van der Waals surface area contributed by atoms with Crippen LogP contribution >= 0.6 is 11.6 Å². The van der Waals surface area contributed by atoms with E-state index in [-0.39, 0.29) is 53.8 Å². The molecule has 192 valence electrons. The molecule has 0 aromatic rings. The molecule has 2 heterocycles. The van der Waals surface area contributed by atoms with Gasteiger partial charge in [0.1, 0.15) is 0 Å². The van der Waals surface area contributed by atoms with Crippen molar-refractivity contribution in [2.45, 2.75) is 92.9 Å². The Balaban J connectivity index is 1.48. The Morgan fingerprint density at radius 3 is 2.38 bits per heavy atom. The van der Waals surface area contributed by atoms with Crippen molar-refractivity contribution in [3.63, 3.8) is 0 Å². The Bertz CT molecular complexity index is 814. The molecule has 0 aromatic carbocycles. The zero-order chi connectivity index (χ0) is 24.4. The number of carbonyl (C=O) groups is 2. The molecule has 3 aliphatic carbocycles. The van der Waals surface area contributed by atoms with Crippen molar-refractivity contribution in [2.24, 2.45) is 23.7 Å². The van der Waals surface area contributed by atoms with Crippen LogP contribution in [0.15, 0.2) is 0 Å². The molecule has 5 fully saturated rings. The molecule has 0 aromatic heterocycles. The Hall–Kier alpha value is -0.610. The van der Waals surface area contributed by atoms with Gasteiger partial charge in [0.2, 0.25) is 0 Å². The van der Waals surface area contributed by atoms with E-state index in [2.05, 4.69) is 10.4 Å². The minimum Gasteiger partial charge on any atom is -0.381 e. The summed E-state index contributed by atoms with van der Waals surface area (Å²) in [5, 5.41) is 1.61.